The van der Waals surface area contributed by atoms with Gasteiger partial charge in [-0.3, -0.25) is 9.59 Å². The fourth-order valence-electron chi connectivity index (χ4n) is 3.63. The van der Waals surface area contributed by atoms with Gasteiger partial charge in [0.25, 0.3) is 11.8 Å². The lowest BCUT2D eigenvalue weighted by Crippen LogP contribution is -2.44. The monoisotopic (exact) mass is 498 g/mol. The lowest BCUT2D eigenvalue weighted by Gasteiger charge is -2.18. The smallest absolute Gasteiger partial charge is 0.330 e. The van der Waals surface area contributed by atoms with Crippen molar-refractivity contribution < 1.29 is 19.1 Å². The molecule has 4 aromatic rings. The maximum absolute atomic E-state index is 12.9. The Labute approximate surface area is 214 Å². The van der Waals surface area contributed by atoms with Gasteiger partial charge in [-0.1, -0.05) is 84.9 Å². The van der Waals surface area contributed by atoms with Crippen LogP contribution in [0.5, 0.6) is 0 Å². The topological polar surface area (TPSA) is 84.5 Å². The minimum atomic E-state index is -0.906. The number of hydrogen-bond acceptors (Lipinski definition) is 5. The highest BCUT2D eigenvalue weighted by molar-refractivity contribution is 7.98. The predicted molar refractivity (Wildman–Crippen MR) is 144 cm³/mol. The van der Waals surface area contributed by atoms with Gasteiger partial charge in [-0.15, -0.1) is 0 Å². The number of nitrogens with one attached hydrogen (secondary N) is 2. The van der Waals surface area contributed by atoms with Crippen molar-refractivity contribution in [2.75, 3.05) is 17.7 Å². The van der Waals surface area contributed by atoms with Gasteiger partial charge in [0.1, 0.15) is 6.04 Å². The standard InChI is InChI=1S/C29H26N2O4S/c32-27(30-25-17-9-15-22-12-7-8-16-24(22)25)18-35-29(34)26(20-36-19-21-10-3-1-4-11-21)31-28(33)23-13-5-2-6-14-23/h1-17,26H,18-20H2,(H,30,32)(H,31,33)/t26-/m1/s1. The van der Waals surface area contributed by atoms with E-state index in [1.165, 1.54) is 11.8 Å². The molecule has 0 unspecified atom stereocenters. The van der Waals surface area contributed by atoms with Crippen molar-refractivity contribution in [1.29, 1.82) is 0 Å². The van der Waals surface area contributed by atoms with Crippen molar-refractivity contribution in [2.24, 2.45) is 0 Å². The number of anilines is 1. The third-order valence-corrected chi connectivity index (χ3v) is 6.54. The molecule has 0 saturated carbocycles. The van der Waals surface area contributed by atoms with Crippen molar-refractivity contribution in [1.82, 2.24) is 5.32 Å². The Morgan fingerprint density at radius 3 is 2.22 bits per heavy atom. The van der Waals surface area contributed by atoms with Gasteiger partial charge in [0.05, 0.1) is 0 Å². The normalized spacial score (nSPS) is 11.4. The van der Waals surface area contributed by atoms with Crippen LogP contribution in [0.1, 0.15) is 15.9 Å². The van der Waals surface area contributed by atoms with Gasteiger partial charge in [-0.2, -0.15) is 11.8 Å². The summed E-state index contributed by atoms with van der Waals surface area (Å²) in [4.78, 5) is 38.1. The van der Waals surface area contributed by atoms with Gasteiger partial charge >= 0.3 is 5.97 Å². The van der Waals surface area contributed by atoms with Crippen LogP contribution in [0.2, 0.25) is 0 Å². The number of carbonyl (C=O) groups is 3. The number of carbonyl (C=O) groups excluding carboxylic acids is 3. The molecule has 4 rings (SSSR count). The molecule has 0 aliphatic heterocycles. The summed E-state index contributed by atoms with van der Waals surface area (Å²) in [5, 5.41) is 7.44. The maximum Gasteiger partial charge on any atom is 0.330 e. The quantitative estimate of drug-likeness (QED) is 0.299. The molecule has 182 valence electrons. The molecule has 0 fully saturated rings. The van der Waals surface area contributed by atoms with Crippen LogP contribution in [-0.2, 0) is 20.1 Å². The van der Waals surface area contributed by atoms with E-state index in [-0.39, 0.29) is 5.91 Å². The number of benzene rings is 4. The molecule has 0 radical (unpaired) electrons. The molecule has 2 amide bonds. The molecule has 0 aliphatic carbocycles. The second kappa shape index (κ2) is 12.6. The molecule has 0 saturated heterocycles. The highest BCUT2D eigenvalue weighted by Crippen LogP contribution is 2.22. The number of fused-ring (bicyclic) bond motifs is 1. The largest absolute Gasteiger partial charge is 0.454 e. The van der Waals surface area contributed by atoms with E-state index in [9.17, 15) is 14.4 Å². The summed E-state index contributed by atoms with van der Waals surface area (Å²) in [5.41, 5.74) is 2.19. The molecule has 0 heterocycles. The fourth-order valence-corrected chi connectivity index (χ4v) is 4.63. The van der Waals surface area contributed by atoms with Crippen molar-refractivity contribution in [3.8, 4) is 0 Å². The summed E-state index contributed by atoms with van der Waals surface area (Å²) in [5.74, 6) is -0.513. The Bertz CT molecular complexity index is 1320. The minimum absolute atomic E-state index is 0.303. The summed E-state index contributed by atoms with van der Waals surface area (Å²) < 4.78 is 5.31. The van der Waals surface area contributed by atoms with E-state index in [0.29, 0.717) is 22.8 Å². The number of amides is 2. The van der Waals surface area contributed by atoms with Gasteiger partial charge in [0, 0.05) is 28.1 Å². The average molecular weight is 499 g/mol. The van der Waals surface area contributed by atoms with Crippen LogP contribution >= 0.6 is 11.8 Å². The van der Waals surface area contributed by atoms with Crippen molar-refractivity contribution >= 4 is 46.0 Å². The molecule has 0 bridgehead atoms. The molecular formula is C29H26N2O4S. The molecule has 0 aromatic heterocycles. The SMILES string of the molecule is O=C(COC(=O)[C@@H](CSCc1ccccc1)NC(=O)c1ccccc1)Nc1cccc2ccccc12. The Morgan fingerprint density at radius 2 is 1.44 bits per heavy atom. The Kier molecular flexibility index (Phi) is 8.72. The van der Waals surface area contributed by atoms with Crippen LogP contribution in [-0.4, -0.2) is 36.2 Å². The van der Waals surface area contributed by atoms with E-state index in [1.807, 2.05) is 72.8 Å². The molecule has 2 N–H and O–H groups in total. The number of esters is 1. The highest BCUT2D eigenvalue weighted by Gasteiger charge is 2.24. The van der Waals surface area contributed by atoms with Crippen LogP contribution < -0.4 is 10.6 Å². The van der Waals surface area contributed by atoms with Crippen molar-refractivity contribution in [3.63, 3.8) is 0 Å². The number of rotatable bonds is 10. The van der Waals surface area contributed by atoms with Crippen LogP contribution in [0.25, 0.3) is 10.8 Å². The number of thioether (sulfide) groups is 1. The number of ether oxygens (including phenoxy) is 1. The fraction of sp³-hybridized carbons (Fsp3) is 0.138. The van der Waals surface area contributed by atoms with E-state index in [1.54, 1.807) is 30.3 Å². The van der Waals surface area contributed by atoms with Crippen molar-refractivity contribution in [3.05, 3.63) is 114 Å². The zero-order chi connectivity index (χ0) is 25.2. The highest BCUT2D eigenvalue weighted by atomic mass is 32.2. The van der Waals surface area contributed by atoms with Crippen LogP contribution in [0.4, 0.5) is 5.69 Å². The van der Waals surface area contributed by atoms with Crippen LogP contribution in [0.3, 0.4) is 0 Å². The van der Waals surface area contributed by atoms with E-state index < -0.39 is 24.5 Å². The summed E-state index contributed by atoms with van der Waals surface area (Å²) in [6, 6.07) is 30.9. The second-order valence-corrected chi connectivity index (χ2v) is 9.11. The van der Waals surface area contributed by atoms with E-state index in [4.69, 9.17) is 4.74 Å². The van der Waals surface area contributed by atoms with Gasteiger partial charge in [0.15, 0.2) is 6.61 Å². The molecule has 0 aliphatic rings. The van der Waals surface area contributed by atoms with Crippen LogP contribution in [0, 0.1) is 0 Å². The first-order valence-corrected chi connectivity index (χ1v) is 12.7. The number of hydrogen-bond donors (Lipinski definition) is 2. The average Bonchev–Trinajstić information content (AvgIpc) is 2.92. The first-order valence-electron chi connectivity index (χ1n) is 11.5. The lowest BCUT2D eigenvalue weighted by molar-refractivity contribution is -0.148. The molecule has 0 spiro atoms. The van der Waals surface area contributed by atoms with Crippen molar-refractivity contribution in [2.45, 2.75) is 11.8 Å². The summed E-state index contributed by atoms with van der Waals surface area (Å²) in [7, 11) is 0. The minimum Gasteiger partial charge on any atom is -0.454 e. The Balaban J connectivity index is 1.37. The molecule has 36 heavy (non-hydrogen) atoms. The third-order valence-electron chi connectivity index (χ3n) is 5.43. The maximum atomic E-state index is 12.9. The second-order valence-electron chi connectivity index (χ2n) is 8.08. The van der Waals surface area contributed by atoms with Gasteiger partial charge in [-0.05, 0) is 29.1 Å². The Hall–Kier alpha value is -4.10. The van der Waals surface area contributed by atoms with E-state index >= 15 is 0 Å². The zero-order valence-electron chi connectivity index (χ0n) is 19.6. The Morgan fingerprint density at radius 1 is 0.778 bits per heavy atom. The van der Waals surface area contributed by atoms with E-state index in [0.717, 1.165) is 16.3 Å². The summed E-state index contributed by atoms with van der Waals surface area (Å²) >= 11 is 1.50. The first kappa shape index (κ1) is 25.0. The predicted octanol–water partition coefficient (Wildman–Crippen LogP) is 5.05. The van der Waals surface area contributed by atoms with Crippen LogP contribution in [0.15, 0.2) is 103 Å². The van der Waals surface area contributed by atoms with Gasteiger partial charge in [0.2, 0.25) is 0 Å². The summed E-state index contributed by atoms with van der Waals surface area (Å²) in [6.07, 6.45) is 0. The third kappa shape index (κ3) is 6.96. The molecular weight excluding hydrogens is 472 g/mol. The molecule has 7 heteroatoms. The summed E-state index contributed by atoms with van der Waals surface area (Å²) in [6.45, 7) is -0.455. The molecule has 6 nitrogen and oxygen atoms in total. The zero-order valence-corrected chi connectivity index (χ0v) is 20.4. The van der Waals surface area contributed by atoms with Gasteiger partial charge < -0.3 is 15.4 Å². The lowest BCUT2D eigenvalue weighted by atomic mass is 10.1. The van der Waals surface area contributed by atoms with E-state index in [2.05, 4.69) is 10.6 Å². The first-order chi connectivity index (χ1) is 17.6. The molecule has 4 aromatic carbocycles. The van der Waals surface area contributed by atoms with Gasteiger partial charge in [-0.25, -0.2) is 4.79 Å². The molecule has 1 atom stereocenters.